The number of hydrogen-bond donors (Lipinski definition) is 3. The van der Waals surface area contributed by atoms with Gasteiger partial charge in [0, 0.05) is 18.4 Å². The first-order valence-corrected chi connectivity index (χ1v) is 12.6. The van der Waals surface area contributed by atoms with Crippen LogP contribution in [-0.2, 0) is 9.53 Å². The second kappa shape index (κ2) is 9.16. The summed E-state index contributed by atoms with van der Waals surface area (Å²) in [4.78, 5) is 36.8. The first kappa shape index (κ1) is 22.9. The van der Waals surface area contributed by atoms with E-state index in [2.05, 4.69) is 35.2 Å². The van der Waals surface area contributed by atoms with Crippen molar-refractivity contribution >= 4 is 34.6 Å². The Morgan fingerprint density at radius 1 is 1.19 bits per heavy atom. The molecule has 3 aliphatic carbocycles. The molecule has 7 rings (SSSR count). The molecule has 3 fully saturated rings. The molecule has 3 saturated carbocycles. The standard InChI is InChI=1S/C25H25ClFN7O2/c1-2-36-25(35)17-12-5-7-13(8-6-12)19(17)32-23-18(27)21(15-4-3-9-28-15)33-22(34-23)14-10-29-24-20(14)31-16(26)11-30-24/h3-4,9-13,17,19,28H,2,5-8H2,1H3,(H,29,30)(H,32,33,34)/t12?,13?,17-,19-/m0/s1. The van der Waals surface area contributed by atoms with Crippen molar-refractivity contribution in [2.75, 3.05) is 11.9 Å². The Balaban J connectivity index is 1.46. The predicted molar refractivity (Wildman–Crippen MR) is 133 cm³/mol. The molecule has 0 amide bonds. The van der Waals surface area contributed by atoms with Crippen molar-refractivity contribution in [3.05, 3.63) is 41.7 Å². The number of carbonyl (C=O) groups is 1. The van der Waals surface area contributed by atoms with Crippen LogP contribution in [0.4, 0.5) is 10.2 Å². The van der Waals surface area contributed by atoms with Crippen molar-refractivity contribution in [1.82, 2.24) is 29.9 Å². The minimum absolute atomic E-state index is 0.0424. The molecule has 0 unspecified atom stereocenters. The molecular weight excluding hydrogens is 485 g/mol. The van der Waals surface area contributed by atoms with E-state index in [-0.39, 0.29) is 52.3 Å². The number of hydrogen-bond acceptors (Lipinski definition) is 7. The highest BCUT2D eigenvalue weighted by molar-refractivity contribution is 6.29. The number of aromatic nitrogens is 6. The Kier molecular flexibility index (Phi) is 5.83. The highest BCUT2D eigenvalue weighted by atomic mass is 35.5. The van der Waals surface area contributed by atoms with Gasteiger partial charge in [0.2, 0.25) is 0 Å². The summed E-state index contributed by atoms with van der Waals surface area (Å²) in [5.41, 5.74) is 2.17. The fraction of sp³-hybridized carbons (Fsp3) is 0.400. The van der Waals surface area contributed by atoms with Crippen LogP contribution in [0.25, 0.3) is 33.9 Å². The molecule has 2 atom stereocenters. The molecule has 3 aliphatic rings. The van der Waals surface area contributed by atoms with E-state index >= 15 is 4.39 Å². The van der Waals surface area contributed by atoms with E-state index in [1.807, 2.05) is 0 Å². The first-order chi connectivity index (χ1) is 17.5. The van der Waals surface area contributed by atoms with Gasteiger partial charge >= 0.3 is 5.97 Å². The van der Waals surface area contributed by atoms with E-state index in [0.717, 1.165) is 25.7 Å². The summed E-state index contributed by atoms with van der Waals surface area (Å²) in [5.74, 6) is -0.416. The van der Waals surface area contributed by atoms with Crippen LogP contribution in [0.5, 0.6) is 0 Å². The topological polar surface area (TPSA) is 121 Å². The second-order valence-corrected chi connectivity index (χ2v) is 9.74. The Hall–Kier alpha value is -3.53. The third-order valence-corrected chi connectivity index (χ3v) is 7.56. The van der Waals surface area contributed by atoms with Crippen LogP contribution in [0, 0.1) is 23.6 Å². The monoisotopic (exact) mass is 509 g/mol. The van der Waals surface area contributed by atoms with Gasteiger partial charge in [0.05, 0.1) is 30.0 Å². The third-order valence-electron chi connectivity index (χ3n) is 7.38. The maximum Gasteiger partial charge on any atom is 0.311 e. The number of H-pyrrole nitrogens is 2. The average molecular weight is 510 g/mol. The molecule has 0 aliphatic heterocycles. The molecule has 0 radical (unpaired) electrons. The van der Waals surface area contributed by atoms with Gasteiger partial charge in [0.25, 0.3) is 0 Å². The highest BCUT2D eigenvalue weighted by Crippen LogP contribution is 2.47. The minimum atomic E-state index is -0.589. The normalized spacial score (nSPS) is 23.2. The van der Waals surface area contributed by atoms with Crippen molar-refractivity contribution in [3.63, 3.8) is 0 Å². The number of nitrogens with one attached hydrogen (secondary N) is 3. The van der Waals surface area contributed by atoms with Crippen molar-refractivity contribution < 1.29 is 13.9 Å². The zero-order valence-corrected chi connectivity index (χ0v) is 20.3. The molecule has 4 aromatic heterocycles. The molecule has 0 spiro atoms. The molecule has 186 valence electrons. The van der Waals surface area contributed by atoms with Gasteiger partial charge in [0.1, 0.15) is 16.4 Å². The van der Waals surface area contributed by atoms with Crippen molar-refractivity contribution in [1.29, 1.82) is 0 Å². The molecule has 0 saturated heterocycles. The molecule has 2 bridgehead atoms. The Morgan fingerprint density at radius 2 is 2.00 bits per heavy atom. The van der Waals surface area contributed by atoms with Gasteiger partial charge < -0.3 is 20.0 Å². The van der Waals surface area contributed by atoms with E-state index in [1.165, 1.54) is 6.20 Å². The van der Waals surface area contributed by atoms with Gasteiger partial charge in [-0.2, -0.15) is 0 Å². The smallest absolute Gasteiger partial charge is 0.311 e. The summed E-state index contributed by atoms with van der Waals surface area (Å²) in [6.07, 6.45) is 8.76. The Morgan fingerprint density at radius 3 is 2.75 bits per heavy atom. The molecule has 11 heteroatoms. The van der Waals surface area contributed by atoms with Crippen LogP contribution >= 0.6 is 11.6 Å². The van der Waals surface area contributed by atoms with Gasteiger partial charge in [-0.05, 0) is 56.6 Å². The third kappa shape index (κ3) is 3.89. The van der Waals surface area contributed by atoms with E-state index in [9.17, 15) is 4.79 Å². The second-order valence-electron chi connectivity index (χ2n) is 9.36. The Bertz CT molecular complexity index is 1420. The van der Waals surface area contributed by atoms with E-state index in [4.69, 9.17) is 16.3 Å². The lowest BCUT2D eigenvalue weighted by molar-refractivity contribution is -0.154. The summed E-state index contributed by atoms with van der Waals surface area (Å²) in [6, 6.07) is 3.24. The van der Waals surface area contributed by atoms with Crippen LogP contribution in [0.2, 0.25) is 5.15 Å². The average Bonchev–Trinajstić information content (AvgIpc) is 3.56. The largest absolute Gasteiger partial charge is 0.466 e. The quantitative estimate of drug-likeness (QED) is 0.313. The summed E-state index contributed by atoms with van der Waals surface area (Å²) >= 11 is 6.09. The lowest BCUT2D eigenvalue weighted by atomic mass is 9.61. The summed E-state index contributed by atoms with van der Waals surface area (Å²) in [7, 11) is 0. The van der Waals surface area contributed by atoms with Gasteiger partial charge in [-0.25, -0.2) is 24.3 Å². The maximum absolute atomic E-state index is 15.9. The fourth-order valence-corrected chi connectivity index (χ4v) is 5.89. The number of ether oxygens (including phenoxy) is 1. The summed E-state index contributed by atoms with van der Waals surface area (Å²) < 4.78 is 21.3. The van der Waals surface area contributed by atoms with Crippen LogP contribution < -0.4 is 5.32 Å². The summed E-state index contributed by atoms with van der Waals surface area (Å²) in [6.45, 7) is 2.11. The number of fused-ring (bicyclic) bond motifs is 4. The fourth-order valence-electron chi connectivity index (χ4n) is 5.75. The van der Waals surface area contributed by atoms with E-state index in [1.54, 1.807) is 31.5 Å². The maximum atomic E-state index is 15.9. The molecule has 9 nitrogen and oxygen atoms in total. The van der Waals surface area contributed by atoms with Gasteiger partial charge in [0.15, 0.2) is 23.1 Å². The van der Waals surface area contributed by atoms with Crippen molar-refractivity contribution in [2.45, 2.75) is 38.6 Å². The van der Waals surface area contributed by atoms with Crippen LogP contribution in [0.15, 0.2) is 30.7 Å². The number of aromatic amines is 2. The molecule has 4 aromatic rings. The zero-order valence-electron chi connectivity index (χ0n) is 19.6. The lowest BCUT2D eigenvalue weighted by Crippen LogP contribution is -2.52. The first-order valence-electron chi connectivity index (χ1n) is 12.2. The summed E-state index contributed by atoms with van der Waals surface area (Å²) in [5, 5.41) is 3.55. The number of rotatable bonds is 6. The van der Waals surface area contributed by atoms with Crippen molar-refractivity contribution in [3.8, 4) is 22.8 Å². The minimum Gasteiger partial charge on any atom is -0.466 e. The van der Waals surface area contributed by atoms with E-state index in [0.29, 0.717) is 29.0 Å². The van der Waals surface area contributed by atoms with Gasteiger partial charge in [-0.3, -0.25) is 4.79 Å². The molecule has 3 N–H and O–H groups in total. The number of anilines is 1. The molecule has 4 heterocycles. The SMILES string of the molecule is CCOC(=O)[C@H]1C2CCC(CC2)[C@@H]1Nc1nc(-c2c[nH]c3ncc(Cl)nc23)nc(-c2ccc[nH]2)c1F. The highest BCUT2D eigenvalue weighted by Gasteiger charge is 2.48. The number of nitrogens with zero attached hydrogens (tertiary/aromatic N) is 4. The Labute approximate surface area is 211 Å². The molecule has 36 heavy (non-hydrogen) atoms. The van der Waals surface area contributed by atoms with Crippen LogP contribution in [-0.4, -0.2) is 48.5 Å². The van der Waals surface area contributed by atoms with Gasteiger partial charge in [-0.1, -0.05) is 11.6 Å². The molecular formula is C25H25ClFN7O2. The predicted octanol–water partition coefficient (Wildman–Crippen LogP) is 4.98. The molecule has 0 aromatic carbocycles. The number of esters is 1. The van der Waals surface area contributed by atoms with Gasteiger partial charge in [-0.15, -0.1) is 0 Å². The number of carbonyl (C=O) groups excluding carboxylic acids is 1. The van der Waals surface area contributed by atoms with Crippen molar-refractivity contribution in [2.24, 2.45) is 17.8 Å². The lowest BCUT2D eigenvalue weighted by Gasteiger charge is -2.47. The number of halogens is 2. The zero-order chi connectivity index (χ0) is 24.8. The van der Waals surface area contributed by atoms with Crippen LogP contribution in [0.3, 0.4) is 0 Å². The van der Waals surface area contributed by atoms with E-state index < -0.39 is 5.82 Å². The van der Waals surface area contributed by atoms with Crippen LogP contribution in [0.1, 0.15) is 32.6 Å².